The topological polar surface area (TPSA) is 241 Å². The van der Waals surface area contributed by atoms with Crippen LogP contribution in [0, 0.1) is 0 Å². The maximum absolute atomic E-state index is 12.4. The van der Waals surface area contributed by atoms with Gasteiger partial charge in [0.15, 0.2) is 5.71 Å². The molecule has 2 heterocycles. The van der Waals surface area contributed by atoms with Gasteiger partial charge in [0, 0.05) is 88.4 Å². The van der Waals surface area contributed by atoms with Gasteiger partial charge < -0.3 is 61.7 Å². The van der Waals surface area contributed by atoms with Gasteiger partial charge in [-0.3, -0.25) is 4.79 Å². The Kier molecular flexibility index (Phi) is 24.3. The van der Waals surface area contributed by atoms with Crippen LogP contribution in [0.25, 0.3) is 0 Å². The van der Waals surface area contributed by atoms with Crippen molar-refractivity contribution in [3.05, 3.63) is 71.5 Å². The van der Waals surface area contributed by atoms with Gasteiger partial charge in [-0.25, -0.2) is 16.8 Å². The SMILES string of the molecule is COCCOCCOCCOCCC1(C)C(/C=C/C=C2/N(CCOC)c3ccc(S(=O)(=O)[O-])cc3C2(C)CCOCCOCCOCCOC)=[N+](CCCCCC(=O)O)c2ccc(S(=O)(=O)[O-])cc21. The van der Waals surface area contributed by atoms with E-state index >= 15 is 0 Å². The fraction of sp³-hybridized carbons (Fsp3) is 0.625. The lowest BCUT2D eigenvalue weighted by molar-refractivity contribution is -0.438. The number of unbranched alkanes of at least 4 members (excludes halogenated alkanes) is 2. The number of aliphatic carboxylic acids is 1. The number of carboxylic acid groups (broad SMARTS) is 1. The first-order chi connectivity index (χ1) is 33.0. The number of nitrogens with zero attached hydrogens (tertiary/aromatic N) is 2. The molecule has 0 saturated carbocycles. The normalized spacial score (nSPS) is 18.8. The van der Waals surface area contributed by atoms with Crippen LogP contribution in [-0.4, -0.2) is 181 Å². The number of fused-ring (bicyclic) bond motifs is 2. The summed E-state index contributed by atoms with van der Waals surface area (Å²) in [6.07, 6.45) is 8.27. The summed E-state index contributed by atoms with van der Waals surface area (Å²) in [7, 11) is -4.85. The van der Waals surface area contributed by atoms with E-state index in [1.165, 1.54) is 24.3 Å². The molecular weight excluding hydrogens is 941 g/mol. The summed E-state index contributed by atoms with van der Waals surface area (Å²) in [5.41, 5.74) is 2.47. The first kappa shape index (κ1) is 57.9. The molecule has 0 aliphatic carbocycles. The van der Waals surface area contributed by atoms with Crippen LogP contribution in [0.5, 0.6) is 0 Å². The second-order valence-corrected chi connectivity index (χ2v) is 19.6. The van der Waals surface area contributed by atoms with E-state index in [9.17, 15) is 35.8 Å². The van der Waals surface area contributed by atoms with Gasteiger partial charge in [0.1, 0.15) is 26.8 Å². The van der Waals surface area contributed by atoms with Crippen molar-refractivity contribution in [2.45, 2.75) is 73.0 Å². The van der Waals surface area contributed by atoms with Gasteiger partial charge in [0.2, 0.25) is 5.69 Å². The highest BCUT2D eigenvalue weighted by Crippen LogP contribution is 2.51. The Morgan fingerprint density at radius 3 is 1.62 bits per heavy atom. The molecule has 2 aliphatic heterocycles. The van der Waals surface area contributed by atoms with Crippen LogP contribution in [0.4, 0.5) is 11.4 Å². The van der Waals surface area contributed by atoms with Crippen LogP contribution < -0.4 is 4.90 Å². The van der Waals surface area contributed by atoms with E-state index in [2.05, 4.69) is 4.58 Å². The number of hydrogen-bond acceptors (Lipinski definition) is 17. The Morgan fingerprint density at radius 1 is 0.638 bits per heavy atom. The number of ether oxygens (including phenoxy) is 9. The third kappa shape index (κ3) is 17.3. The van der Waals surface area contributed by atoms with Crippen LogP contribution in [0.1, 0.15) is 63.5 Å². The second kappa shape index (κ2) is 29.0. The summed E-state index contributed by atoms with van der Waals surface area (Å²) in [6.45, 7) is 10.3. The number of hydrogen-bond donors (Lipinski definition) is 1. The number of methoxy groups -OCH3 is 3. The fourth-order valence-electron chi connectivity index (χ4n) is 8.44. The van der Waals surface area contributed by atoms with E-state index in [4.69, 9.17) is 42.6 Å². The van der Waals surface area contributed by atoms with E-state index in [0.717, 1.165) is 11.4 Å². The first-order valence-electron chi connectivity index (χ1n) is 23.2. The van der Waals surface area contributed by atoms with Gasteiger partial charge in [0.25, 0.3) is 0 Å². The molecule has 2 aromatic carbocycles. The van der Waals surface area contributed by atoms with Gasteiger partial charge in [-0.15, -0.1) is 0 Å². The Bertz CT molecular complexity index is 2250. The van der Waals surface area contributed by atoms with Gasteiger partial charge >= 0.3 is 5.97 Å². The predicted molar refractivity (Wildman–Crippen MR) is 254 cm³/mol. The second-order valence-electron chi connectivity index (χ2n) is 16.9. The average molecular weight is 1010 g/mol. The van der Waals surface area contributed by atoms with Gasteiger partial charge in [-0.1, -0.05) is 6.08 Å². The zero-order valence-electron chi connectivity index (χ0n) is 40.6. The predicted octanol–water partition coefficient (Wildman–Crippen LogP) is 4.53. The van der Waals surface area contributed by atoms with Crippen LogP contribution in [-0.2, 0) is 78.5 Å². The van der Waals surface area contributed by atoms with Crippen molar-refractivity contribution in [1.82, 2.24) is 0 Å². The summed E-state index contributed by atoms with van der Waals surface area (Å²) in [4.78, 5) is 12.6. The average Bonchev–Trinajstić information content (AvgIpc) is 3.68. The quantitative estimate of drug-likeness (QED) is 0.0555. The molecule has 2 atom stereocenters. The van der Waals surface area contributed by atoms with Crippen LogP contribution in [0.15, 0.2) is 70.1 Å². The molecule has 2 aliphatic rings. The Morgan fingerprint density at radius 2 is 1.12 bits per heavy atom. The summed E-state index contributed by atoms with van der Waals surface area (Å²) >= 11 is 0. The summed E-state index contributed by atoms with van der Waals surface area (Å²) in [6, 6.07) is 8.75. The fourth-order valence-corrected chi connectivity index (χ4v) is 9.43. The lowest BCUT2D eigenvalue weighted by Crippen LogP contribution is -2.33. The number of carboxylic acids is 1. The molecule has 0 spiro atoms. The van der Waals surface area contributed by atoms with E-state index in [1.54, 1.807) is 33.5 Å². The number of benzene rings is 2. The molecule has 1 N–H and O–H groups in total. The summed E-state index contributed by atoms with van der Waals surface area (Å²) in [5.74, 6) is -0.882. The number of rotatable bonds is 37. The molecule has 2 aromatic rings. The summed E-state index contributed by atoms with van der Waals surface area (Å²) < 4.78 is 126. The molecule has 21 heteroatoms. The minimum absolute atomic E-state index is 0.0257. The van der Waals surface area contributed by atoms with Gasteiger partial charge in [-0.2, -0.15) is 4.58 Å². The first-order valence-corrected chi connectivity index (χ1v) is 26.0. The molecule has 4 rings (SSSR count). The number of allylic oxidation sites excluding steroid dienone is 4. The van der Waals surface area contributed by atoms with Crippen molar-refractivity contribution in [3.8, 4) is 0 Å². The molecule has 0 bridgehead atoms. The minimum Gasteiger partial charge on any atom is -0.744 e. The third-order valence-corrected chi connectivity index (χ3v) is 13.8. The monoisotopic (exact) mass is 1010 g/mol. The third-order valence-electron chi connectivity index (χ3n) is 12.1. The van der Waals surface area contributed by atoms with Crippen molar-refractivity contribution < 1.29 is 83.0 Å². The lowest BCUT2D eigenvalue weighted by Gasteiger charge is -2.30. The van der Waals surface area contributed by atoms with Crippen molar-refractivity contribution in [2.75, 3.05) is 138 Å². The van der Waals surface area contributed by atoms with E-state index in [0.29, 0.717) is 147 Å². The molecular formula is C48H71N2O17S2-. The Labute approximate surface area is 407 Å². The highest BCUT2D eigenvalue weighted by atomic mass is 32.2. The van der Waals surface area contributed by atoms with Crippen molar-refractivity contribution in [2.24, 2.45) is 0 Å². The van der Waals surface area contributed by atoms with Crippen molar-refractivity contribution >= 4 is 43.3 Å². The van der Waals surface area contributed by atoms with Crippen LogP contribution in [0.3, 0.4) is 0 Å². The molecule has 69 heavy (non-hydrogen) atoms. The molecule has 0 saturated heterocycles. The molecule has 0 amide bonds. The van der Waals surface area contributed by atoms with Crippen molar-refractivity contribution in [3.63, 3.8) is 0 Å². The van der Waals surface area contributed by atoms with E-state index in [1.807, 2.05) is 37.0 Å². The zero-order valence-corrected chi connectivity index (χ0v) is 42.3. The van der Waals surface area contributed by atoms with Gasteiger partial charge in [-0.05, 0) is 81.5 Å². The number of carbonyl (C=O) groups is 1. The van der Waals surface area contributed by atoms with E-state index < -0.39 is 37.0 Å². The largest absolute Gasteiger partial charge is 0.744 e. The number of anilines is 1. The smallest absolute Gasteiger partial charge is 0.303 e. The van der Waals surface area contributed by atoms with Crippen LogP contribution in [0.2, 0.25) is 0 Å². The van der Waals surface area contributed by atoms with Gasteiger partial charge in [0.05, 0.1) is 101 Å². The maximum atomic E-state index is 12.4. The molecule has 2 unspecified atom stereocenters. The molecule has 0 radical (unpaired) electrons. The highest BCUT2D eigenvalue weighted by molar-refractivity contribution is 7.86. The minimum atomic E-state index is -4.83. The van der Waals surface area contributed by atoms with E-state index in [-0.39, 0.29) is 36.0 Å². The Hall–Kier alpha value is -3.68. The molecule has 19 nitrogen and oxygen atoms in total. The molecule has 0 aromatic heterocycles. The van der Waals surface area contributed by atoms with Crippen LogP contribution >= 0.6 is 0 Å². The zero-order chi connectivity index (χ0) is 50.3. The molecule has 0 fully saturated rings. The molecule has 388 valence electrons. The highest BCUT2D eigenvalue weighted by Gasteiger charge is 2.48. The standard InChI is InChI=1S/C48H72N2O17S2/c1-47(17-21-62-28-30-66-34-32-64-26-24-60-4)40-36-38(68(53,54)55)13-15-42(40)49(19-8-6-7-12-46(51)52)44(47)10-9-11-45-48(2,18-22-63-29-31-67-35-33-65-27-25-61-5)41-37-39(69(56,57)58)14-16-43(41)50(45)20-23-59-3/h9-11,13-16,36-37H,6-8,12,17-35H2,1-5H3,(H2-,51,52,53,54,55,56,57,58)/p-1. The summed E-state index contributed by atoms with van der Waals surface area (Å²) in [5, 5.41) is 9.28. The van der Waals surface area contributed by atoms with Crippen molar-refractivity contribution in [1.29, 1.82) is 0 Å². The lowest BCUT2D eigenvalue weighted by atomic mass is 9.76. The Balaban J connectivity index is 1.72. The maximum Gasteiger partial charge on any atom is 0.303 e.